The Bertz CT molecular complexity index is 285. The van der Waals surface area contributed by atoms with E-state index in [1.165, 1.54) is 23.4 Å². The summed E-state index contributed by atoms with van der Waals surface area (Å²) in [6.07, 6.45) is 4.21. The highest BCUT2D eigenvalue weighted by molar-refractivity contribution is 5.73. The minimum atomic E-state index is -0.868. The fourth-order valence-electron chi connectivity index (χ4n) is 1.79. The van der Waals surface area contributed by atoms with Gasteiger partial charge in [0, 0.05) is 6.20 Å². The Hall–Kier alpha value is -1.07. The third-order valence-corrected chi connectivity index (χ3v) is 2.90. The number of nitrogens with zero attached hydrogens (tertiary/aromatic N) is 1. The number of carboxylic acids is 1. The number of hydrogen-bond acceptors (Lipinski definition) is 4. The highest BCUT2D eigenvalue weighted by Crippen LogP contribution is 2.36. The van der Waals surface area contributed by atoms with Crippen LogP contribution in [0.4, 0.5) is 0 Å². The Balaban J connectivity index is 2.77. The predicted molar refractivity (Wildman–Crippen MR) is 61.9 cm³/mol. The molecule has 0 aliphatic heterocycles. The van der Waals surface area contributed by atoms with Crippen LogP contribution in [-0.4, -0.2) is 22.1 Å². The van der Waals surface area contributed by atoms with Crippen molar-refractivity contribution in [1.82, 2.24) is 10.5 Å². The maximum absolute atomic E-state index is 11.1. The fraction of sp³-hybridized carbons (Fsp3) is 0.727. The molecule has 4 N–H and O–H groups in total. The monoisotopic (exact) mass is 227 g/mol. The molecule has 0 unspecified atom stereocenters. The predicted octanol–water partition coefficient (Wildman–Crippen LogP) is 1.09. The SMILES string of the molecule is C/C(=C\N(NN)[C@H](C(=O)O)C(C)C)C1CC1. The fourth-order valence-corrected chi connectivity index (χ4v) is 1.79. The summed E-state index contributed by atoms with van der Waals surface area (Å²) in [5.74, 6) is 5.11. The standard InChI is InChI=1S/C11H21N3O2/c1-7(2)10(11(15)16)14(13-12)6-8(3)9-4-5-9/h6-7,9-10,13H,4-5,12H2,1-3H3,(H,15,16)/b8-6+/t10-/m0/s1. The van der Waals surface area contributed by atoms with E-state index in [0.29, 0.717) is 5.92 Å². The molecule has 0 aromatic heterocycles. The maximum Gasteiger partial charge on any atom is 0.328 e. The van der Waals surface area contributed by atoms with Gasteiger partial charge in [0.2, 0.25) is 0 Å². The van der Waals surface area contributed by atoms with Gasteiger partial charge in [0.1, 0.15) is 6.04 Å². The van der Waals surface area contributed by atoms with Gasteiger partial charge < -0.3 is 5.11 Å². The van der Waals surface area contributed by atoms with E-state index in [4.69, 9.17) is 10.9 Å². The Labute approximate surface area is 96.2 Å². The first-order valence-corrected chi connectivity index (χ1v) is 5.63. The Morgan fingerprint density at radius 2 is 2.12 bits per heavy atom. The molecule has 5 heteroatoms. The molecule has 0 radical (unpaired) electrons. The average Bonchev–Trinajstić information content (AvgIpc) is 2.98. The molecule has 0 aromatic rings. The van der Waals surface area contributed by atoms with Gasteiger partial charge >= 0.3 is 5.97 Å². The van der Waals surface area contributed by atoms with Gasteiger partial charge in [0.15, 0.2) is 0 Å². The number of carboxylic acid groups (broad SMARTS) is 1. The van der Waals surface area contributed by atoms with Crippen LogP contribution in [0.15, 0.2) is 11.8 Å². The number of hydrazine groups is 2. The zero-order valence-electron chi connectivity index (χ0n) is 10.1. The van der Waals surface area contributed by atoms with Gasteiger partial charge in [-0.1, -0.05) is 19.4 Å². The number of aliphatic carboxylic acids is 1. The first-order chi connectivity index (χ1) is 7.47. The van der Waals surface area contributed by atoms with Gasteiger partial charge in [0.05, 0.1) is 0 Å². The third kappa shape index (κ3) is 3.21. The van der Waals surface area contributed by atoms with Crippen LogP contribution in [0.1, 0.15) is 33.6 Å². The van der Waals surface area contributed by atoms with Crippen molar-refractivity contribution in [3.05, 3.63) is 11.8 Å². The van der Waals surface area contributed by atoms with E-state index in [2.05, 4.69) is 5.53 Å². The highest BCUT2D eigenvalue weighted by atomic mass is 16.4. The molecule has 1 saturated carbocycles. The largest absolute Gasteiger partial charge is 0.480 e. The zero-order chi connectivity index (χ0) is 12.3. The molecule has 0 heterocycles. The summed E-state index contributed by atoms with van der Waals surface area (Å²) in [7, 11) is 0. The number of rotatable bonds is 6. The van der Waals surface area contributed by atoms with E-state index in [-0.39, 0.29) is 5.92 Å². The topological polar surface area (TPSA) is 78.6 Å². The van der Waals surface area contributed by atoms with Crippen molar-refractivity contribution in [2.24, 2.45) is 17.7 Å². The number of allylic oxidation sites excluding steroid dienone is 1. The van der Waals surface area contributed by atoms with E-state index < -0.39 is 12.0 Å². The molecule has 0 spiro atoms. The van der Waals surface area contributed by atoms with Crippen molar-refractivity contribution in [1.29, 1.82) is 0 Å². The minimum Gasteiger partial charge on any atom is -0.480 e. The number of carbonyl (C=O) groups is 1. The van der Waals surface area contributed by atoms with E-state index in [9.17, 15) is 4.79 Å². The molecular formula is C11H21N3O2. The van der Waals surface area contributed by atoms with E-state index in [0.717, 1.165) is 0 Å². The van der Waals surface area contributed by atoms with E-state index >= 15 is 0 Å². The van der Waals surface area contributed by atoms with Crippen molar-refractivity contribution in [3.63, 3.8) is 0 Å². The van der Waals surface area contributed by atoms with Crippen molar-refractivity contribution < 1.29 is 9.90 Å². The van der Waals surface area contributed by atoms with Crippen LogP contribution in [0.5, 0.6) is 0 Å². The third-order valence-electron chi connectivity index (χ3n) is 2.90. The van der Waals surface area contributed by atoms with Crippen LogP contribution in [0, 0.1) is 11.8 Å². The molecule has 0 aromatic carbocycles. The molecule has 0 bridgehead atoms. The molecule has 1 aliphatic rings. The molecule has 1 fully saturated rings. The second-order valence-corrected chi connectivity index (χ2v) is 4.71. The quantitative estimate of drug-likeness (QED) is 0.467. The normalized spacial score (nSPS) is 18.7. The summed E-state index contributed by atoms with van der Waals surface area (Å²) in [5, 5.41) is 10.6. The summed E-state index contributed by atoms with van der Waals surface area (Å²) >= 11 is 0. The summed E-state index contributed by atoms with van der Waals surface area (Å²) in [6, 6.07) is -0.640. The molecule has 1 rings (SSSR count). The summed E-state index contributed by atoms with van der Waals surface area (Å²) < 4.78 is 0. The molecule has 16 heavy (non-hydrogen) atoms. The van der Waals surface area contributed by atoms with Crippen molar-refractivity contribution in [2.75, 3.05) is 0 Å². The van der Waals surface area contributed by atoms with E-state index in [1.807, 2.05) is 27.0 Å². The summed E-state index contributed by atoms with van der Waals surface area (Å²) in [5.41, 5.74) is 3.64. The number of hydrogen-bond donors (Lipinski definition) is 3. The second kappa shape index (κ2) is 5.32. The van der Waals surface area contributed by atoms with Crippen LogP contribution >= 0.6 is 0 Å². The van der Waals surface area contributed by atoms with Crippen LogP contribution in [-0.2, 0) is 4.79 Å². The van der Waals surface area contributed by atoms with Gasteiger partial charge in [-0.05, 0) is 31.6 Å². The molecule has 5 nitrogen and oxygen atoms in total. The molecule has 92 valence electrons. The highest BCUT2D eigenvalue weighted by Gasteiger charge is 2.29. The molecule has 0 amide bonds. The van der Waals surface area contributed by atoms with Gasteiger partial charge in [-0.25, -0.2) is 4.79 Å². The van der Waals surface area contributed by atoms with Gasteiger partial charge in [-0.3, -0.25) is 10.9 Å². The molecular weight excluding hydrogens is 206 g/mol. The summed E-state index contributed by atoms with van der Waals surface area (Å²) in [4.78, 5) is 11.1. The number of nitrogens with two attached hydrogens (primary N) is 1. The van der Waals surface area contributed by atoms with Gasteiger partial charge in [-0.2, -0.15) is 5.53 Å². The lowest BCUT2D eigenvalue weighted by molar-refractivity contribution is -0.145. The lowest BCUT2D eigenvalue weighted by Crippen LogP contribution is -2.51. The minimum absolute atomic E-state index is 0.0168. The number of nitrogens with one attached hydrogen (secondary N) is 1. The second-order valence-electron chi connectivity index (χ2n) is 4.71. The first kappa shape index (κ1) is 13.0. The van der Waals surface area contributed by atoms with Crippen LogP contribution in [0.2, 0.25) is 0 Å². The van der Waals surface area contributed by atoms with Crippen LogP contribution in [0.25, 0.3) is 0 Å². The van der Waals surface area contributed by atoms with Crippen LogP contribution < -0.4 is 11.4 Å². The lowest BCUT2D eigenvalue weighted by Gasteiger charge is -2.29. The van der Waals surface area contributed by atoms with Gasteiger partial charge in [-0.15, -0.1) is 0 Å². The van der Waals surface area contributed by atoms with Crippen LogP contribution in [0.3, 0.4) is 0 Å². The van der Waals surface area contributed by atoms with Crippen molar-refractivity contribution in [3.8, 4) is 0 Å². The maximum atomic E-state index is 11.1. The van der Waals surface area contributed by atoms with E-state index in [1.54, 1.807) is 0 Å². The molecule has 1 atom stereocenters. The summed E-state index contributed by atoms with van der Waals surface area (Å²) in [6.45, 7) is 5.74. The first-order valence-electron chi connectivity index (χ1n) is 5.63. The Morgan fingerprint density at radius 1 is 1.56 bits per heavy atom. The van der Waals surface area contributed by atoms with Crippen molar-refractivity contribution >= 4 is 5.97 Å². The van der Waals surface area contributed by atoms with Crippen molar-refractivity contribution in [2.45, 2.75) is 39.7 Å². The molecule has 1 aliphatic carbocycles. The Morgan fingerprint density at radius 3 is 2.44 bits per heavy atom. The zero-order valence-corrected chi connectivity index (χ0v) is 10.1. The average molecular weight is 227 g/mol. The lowest BCUT2D eigenvalue weighted by atomic mass is 10.0. The Kier molecular flexibility index (Phi) is 4.32. The smallest absolute Gasteiger partial charge is 0.328 e. The van der Waals surface area contributed by atoms with Gasteiger partial charge in [0.25, 0.3) is 0 Å². The molecule has 0 saturated heterocycles.